The highest BCUT2D eigenvalue weighted by atomic mass is 35.5. The molecule has 0 heterocycles. The molecule has 0 aromatic carbocycles. The number of hydrogen-bond donors (Lipinski definition) is 0. The van der Waals surface area contributed by atoms with Crippen LogP contribution in [0.3, 0.4) is 0 Å². The first-order chi connectivity index (χ1) is 6.22. The zero-order valence-electron chi connectivity index (χ0n) is 7.88. The first-order valence-electron chi connectivity index (χ1n) is 4.61. The summed E-state index contributed by atoms with van der Waals surface area (Å²) in [7, 11) is 0. The zero-order valence-corrected chi connectivity index (χ0v) is 8.64. The lowest BCUT2D eigenvalue weighted by molar-refractivity contribution is -0.122. The molecule has 0 unspecified atom stereocenters. The Morgan fingerprint density at radius 1 is 1.62 bits per heavy atom. The molecule has 0 saturated heterocycles. The summed E-state index contributed by atoms with van der Waals surface area (Å²) in [5.74, 6) is 0.365. The van der Waals surface area contributed by atoms with Gasteiger partial charge in [-0.05, 0) is 25.3 Å². The molecule has 1 rings (SSSR count). The fourth-order valence-corrected chi connectivity index (χ4v) is 1.42. The van der Waals surface area contributed by atoms with Crippen molar-refractivity contribution < 1.29 is 9.53 Å². The van der Waals surface area contributed by atoms with Gasteiger partial charge in [0.25, 0.3) is 0 Å². The molecule has 1 fully saturated rings. The number of halogens is 1. The van der Waals surface area contributed by atoms with Crippen LogP contribution in [-0.2, 0) is 9.53 Å². The maximum atomic E-state index is 10.9. The van der Waals surface area contributed by atoms with E-state index in [1.807, 2.05) is 6.92 Å². The van der Waals surface area contributed by atoms with Crippen LogP contribution in [0.1, 0.15) is 32.6 Å². The van der Waals surface area contributed by atoms with E-state index in [0.29, 0.717) is 25.2 Å². The summed E-state index contributed by atoms with van der Waals surface area (Å²) >= 11 is 5.50. The third-order valence-electron chi connectivity index (χ3n) is 2.22. The largest absolute Gasteiger partial charge is 0.374 e. The first-order valence-corrected chi connectivity index (χ1v) is 5.05. The lowest BCUT2D eigenvalue weighted by Gasteiger charge is -2.21. The Kier molecular flexibility index (Phi) is 4.46. The molecule has 1 aliphatic rings. The van der Waals surface area contributed by atoms with Crippen molar-refractivity contribution in [2.45, 2.75) is 38.7 Å². The summed E-state index contributed by atoms with van der Waals surface area (Å²) in [6, 6.07) is 0. The van der Waals surface area contributed by atoms with Gasteiger partial charge in [0.2, 0.25) is 0 Å². The van der Waals surface area contributed by atoms with E-state index in [1.54, 1.807) is 0 Å². The minimum Gasteiger partial charge on any atom is -0.374 e. The number of carbonyl (C=O) groups excluding carboxylic acids is 1. The molecule has 13 heavy (non-hydrogen) atoms. The Labute approximate surface area is 83.9 Å². The second kappa shape index (κ2) is 5.40. The van der Waals surface area contributed by atoms with Crippen LogP contribution in [0.25, 0.3) is 0 Å². The Hall–Kier alpha value is -0.340. The monoisotopic (exact) mass is 202 g/mol. The molecule has 3 heteroatoms. The van der Waals surface area contributed by atoms with Crippen LogP contribution in [0.15, 0.2) is 11.1 Å². The Morgan fingerprint density at radius 3 is 2.77 bits per heavy atom. The molecule has 0 aliphatic heterocycles. The van der Waals surface area contributed by atoms with Crippen molar-refractivity contribution in [3.63, 3.8) is 0 Å². The number of ketones is 1. The summed E-state index contributed by atoms with van der Waals surface area (Å²) in [6.07, 6.45) is 3.34. The van der Waals surface area contributed by atoms with E-state index in [2.05, 4.69) is 0 Å². The van der Waals surface area contributed by atoms with E-state index >= 15 is 0 Å². The average Bonchev–Trinajstić information content (AvgIpc) is 2.16. The molecular formula is C10H15ClO2. The highest BCUT2D eigenvalue weighted by Gasteiger charge is 2.18. The molecule has 1 aliphatic carbocycles. The third kappa shape index (κ3) is 3.92. The maximum absolute atomic E-state index is 10.9. The standard InChI is InChI=1S/C10H15ClO2/c1-8(6-11)7-13-10-4-2-9(12)3-5-10/h6,10H,2-5,7H2,1H3. The molecule has 2 nitrogen and oxygen atoms in total. The number of hydrogen-bond acceptors (Lipinski definition) is 2. The first kappa shape index (κ1) is 10.7. The van der Waals surface area contributed by atoms with Crippen LogP contribution in [0.2, 0.25) is 0 Å². The maximum Gasteiger partial charge on any atom is 0.133 e. The summed E-state index contributed by atoms with van der Waals surface area (Å²) in [5, 5.41) is 0. The zero-order chi connectivity index (χ0) is 9.68. The molecule has 74 valence electrons. The second-order valence-electron chi connectivity index (χ2n) is 3.50. The number of rotatable bonds is 3. The van der Waals surface area contributed by atoms with Crippen LogP contribution in [0.5, 0.6) is 0 Å². The van der Waals surface area contributed by atoms with Crippen molar-refractivity contribution >= 4 is 17.4 Å². The van der Waals surface area contributed by atoms with E-state index < -0.39 is 0 Å². The van der Waals surface area contributed by atoms with Gasteiger partial charge in [0.1, 0.15) is 5.78 Å². The summed E-state index contributed by atoms with van der Waals surface area (Å²) in [6.45, 7) is 2.52. The second-order valence-corrected chi connectivity index (χ2v) is 3.72. The van der Waals surface area contributed by atoms with E-state index in [1.165, 1.54) is 5.54 Å². The molecule has 0 amide bonds. The fraction of sp³-hybridized carbons (Fsp3) is 0.700. The van der Waals surface area contributed by atoms with E-state index in [9.17, 15) is 4.79 Å². The molecule has 0 aromatic rings. The molecular weight excluding hydrogens is 188 g/mol. The lowest BCUT2D eigenvalue weighted by Crippen LogP contribution is -2.22. The Balaban J connectivity index is 2.19. The van der Waals surface area contributed by atoms with Crippen molar-refractivity contribution in [1.82, 2.24) is 0 Å². The van der Waals surface area contributed by atoms with Gasteiger partial charge in [-0.15, -0.1) is 0 Å². The summed E-state index contributed by atoms with van der Waals surface area (Å²) in [5.41, 5.74) is 2.56. The highest BCUT2D eigenvalue weighted by molar-refractivity contribution is 6.25. The number of Topliss-reactive ketones (excluding diaryl/α,β-unsaturated/α-hetero) is 1. The van der Waals surface area contributed by atoms with Gasteiger partial charge in [0, 0.05) is 18.4 Å². The number of carbonyl (C=O) groups is 1. The summed E-state index contributed by atoms with van der Waals surface area (Å²) < 4.78 is 5.58. The van der Waals surface area contributed by atoms with Gasteiger partial charge in [0.05, 0.1) is 12.7 Å². The minimum absolute atomic E-state index is 0.254. The topological polar surface area (TPSA) is 26.3 Å². The van der Waals surface area contributed by atoms with Crippen LogP contribution in [0, 0.1) is 0 Å². The van der Waals surface area contributed by atoms with Crippen LogP contribution >= 0.6 is 11.6 Å². The molecule has 0 atom stereocenters. The third-order valence-corrected chi connectivity index (χ3v) is 2.60. The van der Waals surface area contributed by atoms with Gasteiger partial charge < -0.3 is 4.74 Å². The fourth-order valence-electron chi connectivity index (χ4n) is 1.36. The molecule has 0 aromatic heterocycles. The van der Waals surface area contributed by atoms with Gasteiger partial charge in [0.15, 0.2) is 0 Å². The van der Waals surface area contributed by atoms with Crippen molar-refractivity contribution in [2.75, 3.05) is 6.61 Å². The SMILES string of the molecule is CC(=CCl)COC1CCC(=O)CC1. The van der Waals surface area contributed by atoms with Crippen LogP contribution < -0.4 is 0 Å². The quantitative estimate of drug-likeness (QED) is 0.704. The van der Waals surface area contributed by atoms with Crippen molar-refractivity contribution in [2.24, 2.45) is 0 Å². The summed E-state index contributed by atoms with van der Waals surface area (Å²) in [4.78, 5) is 10.9. The van der Waals surface area contributed by atoms with Gasteiger partial charge in [-0.2, -0.15) is 0 Å². The van der Waals surface area contributed by atoms with Crippen molar-refractivity contribution in [1.29, 1.82) is 0 Å². The molecule has 1 saturated carbocycles. The van der Waals surface area contributed by atoms with E-state index in [4.69, 9.17) is 16.3 Å². The minimum atomic E-state index is 0.254. The van der Waals surface area contributed by atoms with Crippen molar-refractivity contribution in [3.8, 4) is 0 Å². The Morgan fingerprint density at radius 2 is 2.23 bits per heavy atom. The average molecular weight is 203 g/mol. The Bertz CT molecular complexity index is 201. The molecule has 0 bridgehead atoms. The van der Waals surface area contributed by atoms with Gasteiger partial charge >= 0.3 is 0 Å². The molecule has 0 spiro atoms. The van der Waals surface area contributed by atoms with E-state index in [-0.39, 0.29) is 6.10 Å². The number of ether oxygens (including phenoxy) is 1. The normalized spacial score (nSPS) is 20.8. The van der Waals surface area contributed by atoms with Gasteiger partial charge in [-0.1, -0.05) is 11.6 Å². The van der Waals surface area contributed by atoms with Crippen LogP contribution in [-0.4, -0.2) is 18.5 Å². The highest BCUT2D eigenvalue weighted by Crippen LogP contribution is 2.18. The smallest absolute Gasteiger partial charge is 0.133 e. The van der Waals surface area contributed by atoms with Crippen LogP contribution in [0.4, 0.5) is 0 Å². The van der Waals surface area contributed by atoms with Gasteiger partial charge in [-0.3, -0.25) is 4.79 Å². The lowest BCUT2D eigenvalue weighted by atomic mass is 9.96. The predicted molar refractivity (Wildman–Crippen MR) is 52.8 cm³/mol. The predicted octanol–water partition coefficient (Wildman–Crippen LogP) is 2.66. The molecule has 0 N–H and O–H groups in total. The van der Waals surface area contributed by atoms with Gasteiger partial charge in [-0.25, -0.2) is 0 Å². The van der Waals surface area contributed by atoms with Crippen molar-refractivity contribution in [3.05, 3.63) is 11.1 Å². The molecule has 0 radical (unpaired) electrons. The van der Waals surface area contributed by atoms with E-state index in [0.717, 1.165) is 18.4 Å².